The van der Waals surface area contributed by atoms with Crippen LogP contribution in [0.1, 0.15) is 36.4 Å². The van der Waals surface area contributed by atoms with Crippen LogP contribution in [0.4, 0.5) is 10.0 Å². The third kappa shape index (κ3) is 2.70. The second-order valence-corrected chi connectivity index (χ2v) is 9.28. The fourth-order valence-corrected chi connectivity index (χ4v) is 5.58. The molecule has 3 nitrogen and oxygen atoms in total. The van der Waals surface area contributed by atoms with Crippen LogP contribution in [0.2, 0.25) is 0 Å². The normalized spacial score (nSPS) is 19.8. The first-order valence-electron chi connectivity index (χ1n) is 11.2. The first-order chi connectivity index (χ1) is 15.2. The van der Waals surface area contributed by atoms with E-state index in [0.717, 1.165) is 50.8 Å². The summed E-state index contributed by atoms with van der Waals surface area (Å²) < 4.78 is 21.6. The van der Waals surface area contributed by atoms with E-state index >= 15 is 4.32 Å². The van der Waals surface area contributed by atoms with Gasteiger partial charge in [0.15, 0.2) is 5.70 Å². The smallest absolute Gasteiger partial charge is 0.423 e. The number of allylic oxidation sites excluding steroid dienone is 2. The van der Waals surface area contributed by atoms with Gasteiger partial charge >= 0.3 is 6.69 Å². The molecule has 0 spiro atoms. The van der Waals surface area contributed by atoms with E-state index in [-0.39, 0.29) is 0 Å². The molecule has 3 aromatic rings. The van der Waals surface area contributed by atoms with Crippen LogP contribution in [0.25, 0.3) is 5.57 Å². The van der Waals surface area contributed by atoms with Crippen LogP contribution >= 0.6 is 0 Å². The molecule has 1 aromatic heterocycles. The molecule has 1 unspecified atom stereocenters. The van der Waals surface area contributed by atoms with Gasteiger partial charge in [-0.1, -0.05) is 47.9 Å². The fraction of sp³-hybridized carbons (Fsp3) is 0.222. The van der Waals surface area contributed by atoms with Gasteiger partial charge in [-0.05, 0) is 55.8 Å². The highest BCUT2D eigenvalue weighted by molar-refractivity contribution is 6.79. The Kier molecular flexibility index (Phi) is 4.56. The van der Waals surface area contributed by atoms with Gasteiger partial charge in [0.1, 0.15) is 5.71 Å². The second-order valence-electron chi connectivity index (χ2n) is 9.28. The quantitative estimate of drug-likeness (QED) is 0.535. The Hall–Kier alpha value is -3.34. The Bertz CT molecular complexity index is 1330. The molecule has 0 bridgehead atoms. The Balaban J connectivity index is 1.89. The van der Waals surface area contributed by atoms with Crippen molar-refractivity contribution in [3.8, 4) is 0 Å². The molecule has 5 rings (SSSR count). The van der Waals surface area contributed by atoms with Gasteiger partial charge in [0.05, 0.1) is 5.57 Å². The lowest BCUT2D eigenvalue weighted by Gasteiger charge is -2.40. The third-order valence-corrected chi connectivity index (χ3v) is 6.89. The summed E-state index contributed by atoms with van der Waals surface area (Å²) in [4.78, 5) is 2.09. The van der Waals surface area contributed by atoms with Crippen molar-refractivity contribution in [2.45, 2.75) is 27.7 Å². The minimum absolute atomic E-state index is 0.689. The van der Waals surface area contributed by atoms with Gasteiger partial charge in [0, 0.05) is 44.0 Å². The number of hydrogen-bond acceptors (Lipinski definition) is 1. The van der Waals surface area contributed by atoms with Crippen molar-refractivity contribution in [1.82, 2.24) is 4.48 Å². The summed E-state index contributed by atoms with van der Waals surface area (Å²) in [7, 11) is 4.08. The molecule has 0 aliphatic carbocycles. The number of rotatable bonds is 3. The molecular formula is C27H29BFN3. The predicted octanol–water partition coefficient (Wildman–Crippen LogP) is 5.04. The molecule has 162 valence electrons. The molecule has 1 atom stereocenters. The lowest BCUT2D eigenvalue weighted by molar-refractivity contribution is -0.345. The zero-order chi connectivity index (χ0) is 22.8. The maximum atomic E-state index is 17.7. The van der Waals surface area contributed by atoms with Gasteiger partial charge in [-0.25, -0.2) is 0 Å². The van der Waals surface area contributed by atoms with E-state index in [9.17, 15) is 0 Å². The van der Waals surface area contributed by atoms with Crippen molar-refractivity contribution in [1.29, 1.82) is 0 Å². The summed E-state index contributed by atoms with van der Waals surface area (Å²) >= 11 is 0. The van der Waals surface area contributed by atoms with Crippen LogP contribution in [0.5, 0.6) is 0 Å². The predicted molar refractivity (Wildman–Crippen MR) is 134 cm³/mol. The van der Waals surface area contributed by atoms with E-state index in [0.29, 0.717) is 5.46 Å². The Labute approximate surface area is 189 Å². The third-order valence-electron chi connectivity index (χ3n) is 6.89. The highest BCUT2D eigenvalue weighted by Gasteiger charge is 2.54. The van der Waals surface area contributed by atoms with Crippen molar-refractivity contribution in [2.75, 3.05) is 19.0 Å². The first-order valence-corrected chi connectivity index (χ1v) is 11.2. The Morgan fingerprint density at radius 3 is 2.19 bits per heavy atom. The molecule has 2 aromatic carbocycles. The van der Waals surface area contributed by atoms with Crippen LogP contribution in [0.15, 0.2) is 78.0 Å². The average molecular weight is 425 g/mol. The highest BCUT2D eigenvalue weighted by Crippen LogP contribution is 2.43. The molecule has 0 saturated carbocycles. The van der Waals surface area contributed by atoms with E-state index in [4.69, 9.17) is 0 Å². The molecule has 0 radical (unpaired) electrons. The number of nitrogens with zero attached hydrogens (tertiary/aromatic N) is 3. The van der Waals surface area contributed by atoms with Crippen molar-refractivity contribution in [2.24, 2.45) is 0 Å². The van der Waals surface area contributed by atoms with E-state index < -0.39 is 6.69 Å². The minimum atomic E-state index is -2.72. The van der Waals surface area contributed by atoms with Gasteiger partial charge in [-0.15, -0.1) is 0 Å². The van der Waals surface area contributed by atoms with Gasteiger partial charge in [0.25, 0.3) is 0 Å². The standard InChI is InChI=1S/C27H29BFN3/c1-18-16-20(3)31-26(18)25(22-12-14-24(15-13-22)30(5)6)27-19(2)17-21(4)32(27)28(31,29)23-10-8-7-9-11-23/h7-17H,1-6H3. The summed E-state index contributed by atoms with van der Waals surface area (Å²) in [5.41, 5.74) is 10.0. The number of fused-ring (bicyclic) bond motifs is 2. The molecule has 0 fully saturated rings. The molecular weight excluding hydrogens is 396 g/mol. The largest absolute Gasteiger partial charge is 0.578 e. The highest BCUT2D eigenvalue weighted by atomic mass is 19.1. The van der Waals surface area contributed by atoms with E-state index in [2.05, 4.69) is 55.2 Å². The van der Waals surface area contributed by atoms with E-state index in [1.807, 2.05) is 67.2 Å². The zero-order valence-corrected chi connectivity index (χ0v) is 19.6. The number of halogens is 1. The maximum Gasteiger partial charge on any atom is 0.578 e. The van der Waals surface area contributed by atoms with E-state index in [1.54, 1.807) is 0 Å². The van der Waals surface area contributed by atoms with Gasteiger partial charge in [-0.3, -0.25) is 0 Å². The van der Waals surface area contributed by atoms with Crippen LogP contribution in [-0.2, 0) is 0 Å². The van der Waals surface area contributed by atoms with Crippen molar-refractivity contribution < 1.29 is 8.80 Å². The van der Waals surface area contributed by atoms with Gasteiger partial charge in [-0.2, -0.15) is 0 Å². The number of anilines is 1. The SMILES string of the molecule is CC1=CC(C)=[N+]2C1=C(c1ccc(N(C)C)cc1)c1c(C)cc(C)n1[B-]2(F)c1ccccc1. The van der Waals surface area contributed by atoms with Crippen LogP contribution in [0.3, 0.4) is 0 Å². The lowest BCUT2D eigenvalue weighted by atomic mass is 9.58. The number of aryl methyl sites for hydroxylation is 2. The molecule has 2 aliphatic heterocycles. The number of aromatic nitrogens is 1. The topological polar surface area (TPSA) is 11.2 Å². The summed E-state index contributed by atoms with van der Waals surface area (Å²) in [6, 6.07) is 20.3. The van der Waals surface area contributed by atoms with Crippen LogP contribution < -0.4 is 10.4 Å². The number of hydrogen-bond donors (Lipinski definition) is 0. The van der Waals surface area contributed by atoms with Crippen molar-refractivity contribution >= 4 is 29.1 Å². The molecule has 32 heavy (non-hydrogen) atoms. The van der Waals surface area contributed by atoms with E-state index in [1.165, 1.54) is 0 Å². The maximum absolute atomic E-state index is 17.7. The Morgan fingerprint density at radius 2 is 1.56 bits per heavy atom. The zero-order valence-electron chi connectivity index (χ0n) is 19.6. The molecule has 0 N–H and O–H groups in total. The van der Waals surface area contributed by atoms with Crippen molar-refractivity contribution in [3.63, 3.8) is 0 Å². The second kappa shape index (κ2) is 7.09. The fourth-order valence-electron chi connectivity index (χ4n) is 5.58. The summed E-state index contributed by atoms with van der Waals surface area (Å²) in [5, 5.41) is 0. The van der Waals surface area contributed by atoms with Gasteiger partial charge < -0.3 is 18.2 Å². The monoisotopic (exact) mass is 425 g/mol. The number of benzene rings is 2. The Morgan fingerprint density at radius 1 is 0.906 bits per heavy atom. The molecule has 3 heterocycles. The van der Waals surface area contributed by atoms with Crippen molar-refractivity contribution in [3.05, 3.63) is 101 Å². The summed E-state index contributed by atoms with van der Waals surface area (Å²) in [6.45, 7) is 5.49. The molecule has 2 aliphatic rings. The minimum Gasteiger partial charge on any atom is -0.423 e. The van der Waals surface area contributed by atoms with Gasteiger partial charge in [0.2, 0.25) is 0 Å². The molecule has 0 saturated heterocycles. The molecule has 0 amide bonds. The average Bonchev–Trinajstić information content (AvgIpc) is 3.25. The summed E-state index contributed by atoms with van der Waals surface area (Å²) in [6.07, 6.45) is 2.11. The lowest BCUT2D eigenvalue weighted by Crippen LogP contribution is -2.63. The van der Waals surface area contributed by atoms with Crippen LogP contribution in [0, 0.1) is 13.8 Å². The summed E-state index contributed by atoms with van der Waals surface area (Å²) in [5.74, 6) is 0. The molecule has 5 heteroatoms. The van der Waals surface area contributed by atoms with Crippen LogP contribution in [-0.4, -0.2) is 35.5 Å². The first kappa shape index (κ1) is 20.6.